The van der Waals surface area contributed by atoms with E-state index in [4.69, 9.17) is 0 Å². The number of hydrogen-bond donors (Lipinski definition) is 2. The van der Waals surface area contributed by atoms with Gasteiger partial charge >= 0.3 is 0 Å². The molecule has 1 amide bonds. The van der Waals surface area contributed by atoms with Crippen molar-refractivity contribution in [3.8, 4) is 0 Å². The highest BCUT2D eigenvalue weighted by Gasteiger charge is 2.11. The summed E-state index contributed by atoms with van der Waals surface area (Å²) in [7, 11) is -3.46. The minimum Gasteiger partial charge on any atom is -0.300 e. The second-order valence-electron chi connectivity index (χ2n) is 4.37. The second-order valence-corrected chi connectivity index (χ2v) is 8.15. The first-order valence-electron chi connectivity index (χ1n) is 6.21. The smallest absolute Gasteiger partial charge is 0.269 e. The molecule has 0 aliphatic heterocycles. The van der Waals surface area contributed by atoms with Gasteiger partial charge in [0.15, 0.2) is 0 Å². The lowest BCUT2D eigenvalue weighted by atomic mass is 10.3. The van der Waals surface area contributed by atoms with E-state index in [1.807, 2.05) is 0 Å². The topological polar surface area (TPSA) is 144 Å². The van der Waals surface area contributed by atoms with Gasteiger partial charge in [-0.15, -0.1) is 22.0 Å². The van der Waals surface area contributed by atoms with Crippen LogP contribution in [0.25, 0.3) is 0 Å². The van der Waals surface area contributed by atoms with Crippen molar-refractivity contribution in [1.29, 1.82) is 0 Å². The molecule has 0 unspecified atom stereocenters. The lowest BCUT2D eigenvalue weighted by molar-refractivity contribution is -0.384. The minimum atomic E-state index is -3.46. The van der Waals surface area contributed by atoms with Crippen LogP contribution in [-0.2, 0) is 14.8 Å². The first-order chi connectivity index (χ1) is 11.2. The Bertz CT molecular complexity index is 849. The van der Waals surface area contributed by atoms with Gasteiger partial charge in [0.25, 0.3) is 5.69 Å². The number of nitro benzene ring substituents is 1. The van der Waals surface area contributed by atoms with Gasteiger partial charge in [0.1, 0.15) is 0 Å². The van der Waals surface area contributed by atoms with Crippen LogP contribution in [0.5, 0.6) is 0 Å². The molecule has 0 saturated carbocycles. The molecule has 2 N–H and O–H groups in total. The van der Waals surface area contributed by atoms with Crippen molar-refractivity contribution in [3.05, 3.63) is 34.4 Å². The van der Waals surface area contributed by atoms with Crippen molar-refractivity contribution < 1.29 is 18.1 Å². The van der Waals surface area contributed by atoms with E-state index in [0.717, 1.165) is 17.6 Å². The van der Waals surface area contributed by atoms with Crippen molar-refractivity contribution in [1.82, 2.24) is 10.2 Å². The molecule has 1 heterocycles. The molecule has 0 atom stereocenters. The maximum atomic E-state index is 11.8. The average molecular weight is 389 g/mol. The Morgan fingerprint density at radius 1 is 1.29 bits per heavy atom. The third-order valence-corrected chi connectivity index (χ3v) is 4.82. The average Bonchev–Trinajstić information content (AvgIpc) is 2.90. The summed E-state index contributed by atoms with van der Waals surface area (Å²) in [6.07, 6.45) is 0.980. The van der Waals surface area contributed by atoms with Gasteiger partial charge in [0.2, 0.25) is 26.2 Å². The molecule has 2 aromatic rings. The first-order valence-corrected chi connectivity index (χ1v) is 9.91. The molecule has 1 aromatic heterocycles. The summed E-state index contributed by atoms with van der Waals surface area (Å²) < 4.78 is 24.3. The molecular weight excluding hydrogens is 378 g/mol. The molecule has 0 radical (unpaired) electrons. The third-order valence-electron chi connectivity index (χ3n) is 2.36. The van der Waals surface area contributed by atoms with E-state index in [9.17, 15) is 23.3 Å². The molecule has 13 heteroatoms. The second kappa shape index (κ2) is 7.55. The third kappa shape index (κ3) is 5.75. The highest BCUT2D eigenvalue weighted by molar-refractivity contribution is 8.00. The first kappa shape index (κ1) is 18.1. The van der Waals surface area contributed by atoms with E-state index >= 15 is 0 Å². The molecule has 0 aliphatic carbocycles. The van der Waals surface area contributed by atoms with Crippen LogP contribution < -0.4 is 10.0 Å². The van der Waals surface area contributed by atoms with E-state index in [2.05, 4.69) is 20.2 Å². The van der Waals surface area contributed by atoms with E-state index in [-0.39, 0.29) is 27.6 Å². The van der Waals surface area contributed by atoms with Gasteiger partial charge in [-0.3, -0.25) is 24.9 Å². The van der Waals surface area contributed by atoms with Crippen molar-refractivity contribution >= 4 is 55.0 Å². The predicted molar refractivity (Wildman–Crippen MR) is 90.8 cm³/mol. The lowest BCUT2D eigenvalue weighted by Gasteiger charge is -2.01. The Morgan fingerprint density at radius 2 is 1.92 bits per heavy atom. The van der Waals surface area contributed by atoms with E-state index in [1.54, 1.807) is 12.1 Å². The molecular formula is C11H11N5O5S3. The number of nitro groups is 1. The number of carbonyl (C=O) groups excluding carboxylic acids is 1. The summed E-state index contributed by atoms with van der Waals surface area (Å²) in [4.78, 5) is 22.6. The lowest BCUT2D eigenvalue weighted by Crippen LogP contribution is -2.13. The van der Waals surface area contributed by atoms with Gasteiger partial charge in [-0.25, -0.2) is 8.42 Å². The van der Waals surface area contributed by atoms with Crippen LogP contribution in [-0.4, -0.2) is 41.5 Å². The van der Waals surface area contributed by atoms with Crippen LogP contribution in [0.4, 0.5) is 16.0 Å². The number of non-ortho nitro benzene ring substituents is 1. The standard InChI is InChI=1S/C11H11N5O5S3/c1-24(20,21)15-11-14-13-10(23-11)12-9(17)6-22-8-4-2-7(3-5-8)16(18)19/h2-5H,6H2,1H3,(H,14,15)(H,12,13,17). The number of carbonyl (C=O) groups is 1. The number of thioether (sulfide) groups is 1. The Kier molecular flexibility index (Phi) is 5.69. The maximum absolute atomic E-state index is 11.8. The number of rotatable bonds is 7. The zero-order valence-corrected chi connectivity index (χ0v) is 14.6. The van der Waals surface area contributed by atoms with Crippen LogP contribution in [0.1, 0.15) is 0 Å². The number of nitrogens with one attached hydrogen (secondary N) is 2. The summed E-state index contributed by atoms with van der Waals surface area (Å²) in [6, 6.07) is 5.81. The predicted octanol–water partition coefficient (Wildman–Crippen LogP) is 1.55. The molecule has 2 rings (SSSR count). The fraction of sp³-hybridized carbons (Fsp3) is 0.182. The normalized spacial score (nSPS) is 11.0. The van der Waals surface area contributed by atoms with Gasteiger partial charge in [-0.2, -0.15) is 0 Å². The number of benzene rings is 1. The molecule has 0 spiro atoms. The fourth-order valence-electron chi connectivity index (χ4n) is 1.44. The highest BCUT2D eigenvalue weighted by atomic mass is 32.2. The van der Waals surface area contributed by atoms with E-state index in [1.165, 1.54) is 23.9 Å². The van der Waals surface area contributed by atoms with E-state index < -0.39 is 14.9 Å². The van der Waals surface area contributed by atoms with Crippen LogP contribution in [0.3, 0.4) is 0 Å². The quantitative estimate of drug-likeness (QED) is 0.412. The summed E-state index contributed by atoms with van der Waals surface area (Å²) in [5.41, 5.74) is -0.0245. The fourth-order valence-corrected chi connectivity index (χ4v) is 3.63. The number of anilines is 2. The molecule has 128 valence electrons. The highest BCUT2D eigenvalue weighted by Crippen LogP contribution is 2.23. The molecule has 0 bridgehead atoms. The zero-order valence-electron chi connectivity index (χ0n) is 12.1. The summed E-state index contributed by atoms with van der Waals surface area (Å²) >= 11 is 2.08. The Hall–Kier alpha value is -2.25. The maximum Gasteiger partial charge on any atom is 0.269 e. The molecule has 0 saturated heterocycles. The van der Waals surface area contributed by atoms with Crippen molar-refractivity contribution in [2.24, 2.45) is 0 Å². The van der Waals surface area contributed by atoms with Gasteiger partial charge in [-0.1, -0.05) is 11.3 Å². The number of amides is 1. The number of hydrogen-bond acceptors (Lipinski definition) is 9. The van der Waals surface area contributed by atoms with Crippen LogP contribution in [0.15, 0.2) is 29.2 Å². The Balaban J connectivity index is 1.86. The van der Waals surface area contributed by atoms with Gasteiger partial charge in [-0.05, 0) is 12.1 Å². The largest absolute Gasteiger partial charge is 0.300 e. The van der Waals surface area contributed by atoms with Crippen LogP contribution in [0, 0.1) is 10.1 Å². The van der Waals surface area contributed by atoms with Crippen LogP contribution >= 0.6 is 23.1 Å². The zero-order chi connectivity index (χ0) is 17.7. The summed E-state index contributed by atoms with van der Waals surface area (Å²) in [5.74, 6) is -0.299. The number of nitrogens with zero attached hydrogens (tertiary/aromatic N) is 3. The molecule has 24 heavy (non-hydrogen) atoms. The van der Waals surface area contributed by atoms with Crippen molar-refractivity contribution in [2.75, 3.05) is 22.0 Å². The Morgan fingerprint density at radius 3 is 2.50 bits per heavy atom. The molecule has 0 aliphatic rings. The minimum absolute atomic E-state index is 0.0245. The SMILES string of the molecule is CS(=O)(=O)Nc1nnc(NC(=O)CSc2ccc([N+](=O)[O-])cc2)s1. The number of sulfonamides is 1. The van der Waals surface area contributed by atoms with Crippen molar-refractivity contribution in [3.63, 3.8) is 0 Å². The monoisotopic (exact) mass is 389 g/mol. The van der Waals surface area contributed by atoms with Gasteiger partial charge in [0.05, 0.1) is 16.9 Å². The van der Waals surface area contributed by atoms with E-state index in [0.29, 0.717) is 4.90 Å². The van der Waals surface area contributed by atoms with Gasteiger partial charge in [0, 0.05) is 17.0 Å². The summed E-state index contributed by atoms with van der Waals surface area (Å²) in [6.45, 7) is 0. The summed E-state index contributed by atoms with van der Waals surface area (Å²) in [5, 5.41) is 20.5. The van der Waals surface area contributed by atoms with Crippen molar-refractivity contribution in [2.45, 2.75) is 4.90 Å². The number of aromatic nitrogens is 2. The Labute approximate surface area is 144 Å². The molecule has 1 aromatic carbocycles. The molecule has 0 fully saturated rings. The van der Waals surface area contributed by atoms with Gasteiger partial charge < -0.3 is 0 Å². The molecule has 10 nitrogen and oxygen atoms in total. The van der Waals surface area contributed by atoms with Crippen LogP contribution in [0.2, 0.25) is 0 Å².